The molecule has 2 rings (SSSR count). The molecule has 4 heteroatoms. The molecule has 19 heavy (non-hydrogen) atoms. The molecule has 0 saturated heterocycles. The van der Waals surface area contributed by atoms with Crippen molar-refractivity contribution < 1.29 is 20.4 Å². The summed E-state index contributed by atoms with van der Waals surface area (Å²) in [6.07, 6.45) is 0. The summed E-state index contributed by atoms with van der Waals surface area (Å²) in [5.74, 6) is -1.12. The third-order valence-electron chi connectivity index (χ3n) is 3.37. The maximum absolute atomic E-state index is 9.97. The van der Waals surface area contributed by atoms with Crippen LogP contribution < -0.4 is 0 Å². The molecule has 0 saturated carbocycles. The summed E-state index contributed by atoms with van der Waals surface area (Å²) >= 11 is 0. The molecule has 0 spiro atoms. The van der Waals surface area contributed by atoms with E-state index < -0.39 is 11.2 Å². The van der Waals surface area contributed by atoms with Crippen LogP contribution in [0.1, 0.15) is 25.0 Å². The van der Waals surface area contributed by atoms with Crippen molar-refractivity contribution in [1.29, 1.82) is 0 Å². The average molecular weight is 260 g/mol. The molecule has 0 atom stereocenters. The Morgan fingerprint density at radius 1 is 0.842 bits per heavy atom. The number of hydrogen-bond acceptors (Lipinski definition) is 4. The molecule has 0 heterocycles. The molecule has 0 aliphatic rings. The van der Waals surface area contributed by atoms with Gasteiger partial charge in [-0.05, 0) is 23.8 Å². The topological polar surface area (TPSA) is 80.9 Å². The number of phenols is 4. The van der Waals surface area contributed by atoms with E-state index in [1.165, 1.54) is 6.07 Å². The van der Waals surface area contributed by atoms with E-state index in [9.17, 15) is 20.4 Å². The van der Waals surface area contributed by atoms with Gasteiger partial charge in [-0.2, -0.15) is 0 Å². The van der Waals surface area contributed by atoms with Crippen molar-refractivity contribution in [2.45, 2.75) is 19.3 Å². The van der Waals surface area contributed by atoms with Gasteiger partial charge in [-0.1, -0.05) is 32.0 Å². The van der Waals surface area contributed by atoms with E-state index in [1.54, 1.807) is 24.3 Å². The maximum Gasteiger partial charge on any atom is 0.200 e. The monoisotopic (exact) mass is 260 g/mol. The minimum atomic E-state index is -0.631. The molecular weight excluding hydrogens is 244 g/mol. The van der Waals surface area contributed by atoms with Crippen LogP contribution in [-0.2, 0) is 5.41 Å². The first-order chi connectivity index (χ1) is 8.84. The predicted octanol–water partition coefficient (Wildman–Crippen LogP) is 2.83. The maximum atomic E-state index is 9.97. The van der Waals surface area contributed by atoms with Gasteiger partial charge in [0, 0.05) is 11.0 Å². The van der Waals surface area contributed by atoms with Gasteiger partial charge in [0.15, 0.2) is 11.5 Å². The van der Waals surface area contributed by atoms with Crippen LogP contribution in [-0.4, -0.2) is 20.4 Å². The third-order valence-corrected chi connectivity index (χ3v) is 3.37. The van der Waals surface area contributed by atoms with Gasteiger partial charge in [0.1, 0.15) is 5.75 Å². The summed E-state index contributed by atoms with van der Waals surface area (Å²) in [6, 6.07) is 9.58. The fourth-order valence-corrected chi connectivity index (χ4v) is 2.12. The molecule has 0 radical (unpaired) electrons. The molecule has 0 aromatic heterocycles. The van der Waals surface area contributed by atoms with Gasteiger partial charge >= 0.3 is 0 Å². The van der Waals surface area contributed by atoms with E-state index in [4.69, 9.17) is 0 Å². The highest BCUT2D eigenvalue weighted by molar-refractivity contribution is 5.57. The van der Waals surface area contributed by atoms with Crippen LogP contribution >= 0.6 is 0 Å². The van der Waals surface area contributed by atoms with Crippen LogP contribution in [0.5, 0.6) is 23.0 Å². The van der Waals surface area contributed by atoms with Crippen molar-refractivity contribution in [3.8, 4) is 23.0 Å². The number of hydrogen-bond donors (Lipinski definition) is 4. The Morgan fingerprint density at radius 2 is 1.53 bits per heavy atom. The lowest BCUT2D eigenvalue weighted by molar-refractivity contribution is 0.360. The zero-order valence-corrected chi connectivity index (χ0v) is 10.8. The number of benzene rings is 2. The van der Waals surface area contributed by atoms with Crippen molar-refractivity contribution >= 4 is 0 Å². The Labute approximate surface area is 111 Å². The van der Waals surface area contributed by atoms with E-state index in [0.717, 1.165) is 5.56 Å². The van der Waals surface area contributed by atoms with E-state index in [2.05, 4.69) is 0 Å². The van der Waals surface area contributed by atoms with Gasteiger partial charge in [-0.3, -0.25) is 0 Å². The molecule has 0 unspecified atom stereocenters. The predicted molar refractivity (Wildman–Crippen MR) is 71.7 cm³/mol. The lowest BCUT2D eigenvalue weighted by Crippen LogP contribution is -2.18. The first-order valence-electron chi connectivity index (χ1n) is 5.88. The highest BCUT2D eigenvalue weighted by Crippen LogP contribution is 2.45. The van der Waals surface area contributed by atoms with Crippen LogP contribution in [0.3, 0.4) is 0 Å². The molecule has 0 amide bonds. The van der Waals surface area contributed by atoms with Crippen LogP contribution in [0.15, 0.2) is 36.4 Å². The van der Waals surface area contributed by atoms with Crippen molar-refractivity contribution in [3.63, 3.8) is 0 Å². The second-order valence-electron chi connectivity index (χ2n) is 5.00. The molecule has 0 fully saturated rings. The Kier molecular flexibility index (Phi) is 3.02. The van der Waals surface area contributed by atoms with Crippen molar-refractivity contribution in [3.05, 3.63) is 47.5 Å². The quantitative estimate of drug-likeness (QED) is 0.626. The molecule has 0 bridgehead atoms. The Balaban J connectivity index is 2.60. The summed E-state index contributed by atoms with van der Waals surface area (Å²) in [5.41, 5.74) is 0.620. The van der Waals surface area contributed by atoms with E-state index in [0.29, 0.717) is 5.56 Å². The molecule has 0 aliphatic carbocycles. The Hall–Kier alpha value is -2.36. The molecule has 2 aromatic rings. The van der Waals surface area contributed by atoms with Crippen molar-refractivity contribution in [2.24, 2.45) is 0 Å². The average Bonchev–Trinajstić information content (AvgIpc) is 2.36. The van der Waals surface area contributed by atoms with Crippen LogP contribution in [0.25, 0.3) is 0 Å². The number of aromatic hydroxyl groups is 4. The number of rotatable bonds is 2. The highest BCUT2D eigenvalue weighted by atomic mass is 16.3. The zero-order chi connectivity index (χ0) is 14.2. The summed E-state index contributed by atoms with van der Waals surface area (Å²) in [7, 11) is 0. The largest absolute Gasteiger partial charge is 0.508 e. The lowest BCUT2D eigenvalue weighted by atomic mass is 9.77. The van der Waals surface area contributed by atoms with Crippen molar-refractivity contribution in [2.75, 3.05) is 0 Å². The zero-order valence-electron chi connectivity index (χ0n) is 10.8. The molecule has 0 aliphatic heterocycles. The first-order valence-corrected chi connectivity index (χ1v) is 5.88. The smallest absolute Gasteiger partial charge is 0.200 e. The lowest BCUT2D eigenvalue weighted by Gasteiger charge is -2.27. The van der Waals surface area contributed by atoms with Gasteiger partial charge in [0.05, 0.1) is 0 Å². The highest BCUT2D eigenvalue weighted by Gasteiger charge is 2.28. The van der Waals surface area contributed by atoms with Crippen LogP contribution in [0.4, 0.5) is 0 Å². The Morgan fingerprint density at radius 3 is 2.16 bits per heavy atom. The first kappa shape index (κ1) is 13.1. The van der Waals surface area contributed by atoms with Gasteiger partial charge in [0.2, 0.25) is 5.75 Å². The summed E-state index contributed by atoms with van der Waals surface area (Å²) in [5, 5.41) is 38.5. The fraction of sp³-hybridized carbons (Fsp3) is 0.200. The SMILES string of the molecule is CC(C)(c1cccc(O)c1)c1ccc(O)c(O)c1O. The summed E-state index contributed by atoms with van der Waals surface area (Å²) in [4.78, 5) is 0. The fourth-order valence-electron chi connectivity index (χ4n) is 2.12. The summed E-state index contributed by atoms with van der Waals surface area (Å²) < 4.78 is 0. The standard InChI is InChI=1S/C15H16O4/c1-15(2,9-4-3-5-10(16)8-9)11-6-7-12(17)14(19)13(11)18/h3-8,16-19H,1-2H3. The van der Waals surface area contributed by atoms with Gasteiger partial charge in [0.25, 0.3) is 0 Å². The summed E-state index contributed by atoms with van der Waals surface area (Å²) in [6.45, 7) is 3.71. The minimum absolute atomic E-state index is 0.132. The van der Waals surface area contributed by atoms with Gasteiger partial charge in [-0.15, -0.1) is 0 Å². The normalized spacial score (nSPS) is 11.5. The number of phenolic OH excluding ortho intramolecular Hbond substituents is 4. The molecule has 4 nitrogen and oxygen atoms in total. The van der Waals surface area contributed by atoms with Crippen LogP contribution in [0, 0.1) is 0 Å². The second-order valence-corrected chi connectivity index (χ2v) is 5.00. The van der Waals surface area contributed by atoms with E-state index in [1.807, 2.05) is 19.9 Å². The van der Waals surface area contributed by atoms with E-state index in [-0.39, 0.29) is 17.2 Å². The molecule has 4 N–H and O–H groups in total. The molecule has 2 aromatic carbocycles. The minimum Gasteiger partial charge on any atom is -0.508 e. The Bertz CT molecular complexity index is 618. The molecular formula is C15H16O4. The second kappa shape index (κ2) is 4.39. The molecule has 100 valence electrons. The van der Waals surface area contributed by atoms with Gasteiger partial charge < -0.3 is 20.4 Å². The van der Waals surface area contributed by atoms with Crippen molar-refractivity contribution in [1.82, 2.24) is 0 Å². The third kappa shape index (κ3) is 2.17. The van der Waals surface area contributed by atoms with E-state index >= 15 is 0 Å². The van der Waals surface area contributed by atoms with Crippen LogP contribution in [0.2, 0.25) is 0 Å². The van der Waals surface area contributed by atoms with Gasteiger partial charge in [-0.25, -0.2) is 0 Å².